The van der Waals surface area contributed by atoms with Crippen molar-refractivity contribution in [2.24, 2.45) is 7.05 Å². The number of anilines is 1. The molecule has 2 aromatic rings. The second-order valence-electron chi connectivity index (χ2n) is 4.08. The van der Waals surface area contributed by atoms with E-state index in [1.54, 1.807) is 17.9 Å². The summed E-state index contributed by atoms with van der Waals surface area (Å²) in [6.07, 6.45) is 2.09. The van der Waals surface area contributed by atoms with Crippen molar-refractivity contribution >= 4 is 27.3 Å². The number of aromatic nitrogens is 3. The van der Waals surface area contributed by atoms with Crippen LogP contribution in [0.1, 0.15) is 5.82 Å². The van der Waals surface area contributed by atoms with Crippen LogP contribution in [0, 0.1) is 15.9 Å². The minimum atomic E-state index is -0.561. The van der Waals surface area contributed by atoms with E-state index in [9.17, 15) is 14.5 Å². The van der Waals surface area contributed by atoms with Crippen LogP contribution in [0.3, 0.4) is 0 Å². The van der Waals surface area contributed by atoms with Gasteiger partial charge in [-0.2, -0.15) is 0 Å². The van der Waals surface area contributed by atoms with Gasteiger partial charge in [-0.1, -0.05) is 0 Å². The summed E-state index contributed by atoms with van der Waals surface area (Å²) in [4.78, 5) is 10.4. The number of hydrogen-bond donors (Lipinski definition) is 1. The fourth-order valence-corrected chi connectivity index (χ4v) is 2.00. The predicted octanol–water partition coefficient (Wildman–Crippen LogP) is 2.28. The third kappa shape index (κ3) is 3.10. The van der Waals surface area contributed by atoms with Crippen molar-refractivity contribution < 1.29 is 9.31 Å². The summed E-state index contributed by atoms with van der Waals surface area (Å²) in [5.74, 6) is 0.175. The summed E-state index contributed by atoms with van der Waals surface area (Å²) < 4.78 is 15.3. The van der Waals surface area contributed by atoms with Crippen molar-refractivity contribution in [1.82, 2.24) is 14.8 Å². The normalized spacial score (nSPS) is 10.6. The van der Waals surface area contributed by atoms with E-state index in [2.05, 4.69) is 31.4 Å². The van der Waals surface area contributed by atoms with Crippen molar-refractivity contribution in [1.29, 1.82) is 0 Å². The van der Waals surface area contributed by atoms with Crippen LogP contribution >= 0.6 is 15.9 Å². The van der Waals surface area contributed by atoms with E-state index in [1.165, 1.54) is 0 Å². The molecule has 1 N–H and O–H groups in total. The summed E-state index contributed by atoms with van der Waals surface area (Å²) in [7, 11) is 1.80. The summed E-state index contributed by atoms with van der Waals surface area (Å²) in [6, 6.07) is 2.23. The largest absolute Gasteiger partial charge is 0.379 e. The highest BCUT2D eigenvalue weighted by Crippen LogP contribution is 2.30. The Morgan fingerprint density at radius 3 is 2.90 bits per heavy atom. The molecule has 0 spiro atoms. The minimum Gasteiger partial charge on any atom is -0.379 e. The SMILES string of the molecule is Cn1cnnc1CCNc1cc(F)c(Br)cc1[N+](=O)[O-]. The summed E-state index contributed by atoms with van der Waals surface area (Å²) in [5.41, 5.74) is -0.0471. The average Bonchev–Trinajstić information content (AvgIpc) is 2.79. The zero-order valence-corrected chi connectivity index (χ0v) is 12.1. The number of nitro groups is 1. The first-order chi connectivity index (χ1) is 9.49. The summed E-state index contributed by atoms with van der Waals surface area (Å²) in [5, 5.41) is 21.4. The van der Waals surface area contributed by atoms with Gasteiger partial charge in [0, 0.05) is 32.1 Å². The van der Waals surface area contributed by atoms with E-state index < -0.39 is 10.7 Å². The molecule has 0 amide bonds. The van der Waals surface area contributed by atoms with E-state index in [-0.39, 0.29) is 15.8 Å². The Morgan fingerprint density at radius 1 is 1.55 bits per heavy atom. The molecule has 7 nitrogen and oxygen atoms in total. The van der Waals surface area contributed by atoms with Gasteiger partial charge in [0.2, 0.25) is 0 Å². The number of nitrogens with one attached hydrogen (secondary N) is 1. The molecule has 1 aromatic heterocycles. The first-order valence-electron chi connectivity index (χ1n) is 5.69. The standard InChI is InChI=1S/C11H11BrFN5O2/c1-17-6-15-16-11(17)2-3-14-9-5-8(13)7(12)4-10(9)18(19)20/h4-6,14H,2-3H2,1H3. The fraction of sp³-hybridized carbons (Fsp3) is 0.273. The highest BCUT2D eigenvalue weighted by atomic mass is 79.9. The Hall–Kier alpha value is -2.03. The lowest BCUT2D eigenvalue weighted by atomic mass is 10.2. The highest BCUT2D eigenvalue weighted by Gasteiger charge is 2.17. The lowest BCUT2D eigenvalue weighted by Crippen LogP contribution is -2.10. The van der Waals surface area contributed by atoms with E-state index >= 15 is 0 Å². The Labute approximate surface area is 122 Å². The Bertz CT molecular complexity index is 646. The van der Waals surface area contributed by atoms with Crippen LogP contribution in [0.25, 0.3) is 0 Å². The molecule has 0 atom stereocenters. The molecule has 0 bridgehead atoms. The first-order valence-corrected chi connectivity index (χ1v) is 6.48. The molecule has 0 saturated carbocycles. The molecule has 2 rings (SSSR count). The maximum absolute atomic E-state index is 13.5. The third-order valence-electron chi connectivity index (χ3n) is 2.70. The van der Waals surface area contributed by atoms with E-state index in [0.717, 1.165) is 18.0 Å². The second-order valence-corrected chi connectivity index (χ2v) is 4.93. The predicted molar refractivity (Wildman–Crippen MR) is 74.0 cm³/mol. The lowest BCUT2D eigenvalue weighted by Gasteiger charge is -2.07. The third-order valence-corrected chi connectivity index (χ3v) is 3.31. The zero-order chi connectivity index (χ0) is 14.7. The van der Waals surface area contributed by atoms with Crippen molar-refractivity contribution in [3.63, 3.8) is 0 Å². The van der Waals surface area contributed by atoms with Crippen LogP contribution in [0.4, 0.5) is 15.8 Å². The van der Waals surface area contributed by atoms with Gasteiger partial charge in [-0.25, -0.2) is 4.39 Å². The molecule has 0 saturated heterocycles. The molecular formula is C11H11BrFN5O2. The van der Waals surface area contributed by atoms with Crippen molar-refractivity contribution in [3.8, 4) is 0 Å². The molecule has 0 aliphatic heterocycles. The van der Waals surface area contributed by atoms with Crippen LogP contribution in [-0.4, -0.2) is 26.2 Å². The molecule has 1 heterocycles. The molecule has 20 heavy (non-hydrogen) atoms. The van der Waals surface area contributed by atoms with Gasteiger partial charge in [-0.15, -0.1) is 10.2 Å². The Balaban J connectivity index is 2.11. The van der Waals surface area contributed by atoms with Gasteiger partial charge in [-0.3, -0.25) is 10.1 Å². The maximum atomic E-state index is 13.5. The molecule has 1 aromatic carbocycles. The maximum Gasteiger partial charge on any atom is 0.293 e. The smallest absolute Gasteiger partial charge is 0.293 e. The topological polar surface area (TPSA) is 85.9 Å². The molecule has 0 fully saturated rings. The number of benzene rings is 1. The van der Waals surface area contributed by atoms with Crippen LogP contribution in [-0.2, 0) is 13.5 Å². The number of halogens is 2. The molecule has 0 unspecified atom stereocenters. The summed E-state index contributed by atoms with van der Waals surface area (Å²) >= 11 is 2.93. The van der Waals surface area contributed by atoms with E-state index in [1.807, 2.05) is 0 Å². The molecule has 9 heteroatoms. The molecule has 0 radical (unpaired) electrons. The Kier molecular flexibility index (Phi) is 4.28. The van der Waals surface area contributed by atoms with E-state index in [4.69, 9.17) is 0 Å². The van der Waals surface area contributed by atoms with E-state index in [0.29, 0.717) is 13.0 Å². The number of nitrogens with zero attached hydrogens (tertiary/aromatic N) is 4. The zero-order valence-electron chi connectivity index (χ0n) is 10.5. The monoisotopic (exact) mass is 343 g/mol. The fourth-order valence-electron chi connectivity index (χ4n) is 1.67. The Morgan fingerprint density at radius 2 is 2.30 bits per heavy atom. The molecular weight excluding hydrogens is 333 g/mol. The van der Waals surface area contributed by atoms with Crippen LogP contribution in [0.15, 0.2) is 22.9 Å². The van der Waals surface area contributed by atoms with Crippen LogP contribution in [0.2, 0.25) is 0 Å². The number of aryl methyl sites for hydroxylation is 1. The van der Waals surface area contributed by atoms with Crippen LogP contribution < -0.4 is 5.32 Å². The van der Waals surface area contributed by atoms with Gasteiger partial charge in [0.05, 0.1) is 9.40 Å². The molecule has 106 valence electrons. The number of rotatable bonds is 5. The van der Waals surface area contributed by atoms with Gasteiger partial charge in [-0.05, 0) is 15.9 Å². The second kappa shape index (κ2) is 5.95. The molecule has 0 aliphatic carbocycles. The van der Waals surface area contributed by atoms with Gasteiger partial charge >= 0.3 is 0 Å². The average molecular weight is 344 g/mol. The van der Waals surface area contributed by atoms with Gasteiger partial charge in [0.1, 0.15) is 23.7 Å². The summed E-state index contributed by atoms with van der Waals surface area (Å²) in [6.45, 7) is 0.383. The quantitative estimate of drug-likeness (QED) is 0.664. The number of nitro benzene ring substituents is 1. The van der Waals surface area contributed by atoms with Crippen molar-refractivity contribution in [2.45, 2.75) is 6.42 Å². The molecule has 0 aliphatic rings. The van der Waals surface area contributed by atoms with Gasteiger partial charge in [0.25, 0.3) is 5.69 Å². The lowest BCUT2D eigenvalue weighted by molar-refractivity contribution is -0.384. The van der Waals surface area contributed by atoms with Gasteiger partial charge in [0.15, 0.2) is 0 Å². The number of hydrogen-bond acceptors (Lipinski definition) is 5. The highest BCUT2D eigenvalue weighted by molar-refractivity contribution is 9.10. The van der Waals surface area contributed by atoms with Crippen LogP contribution in [0.5, 0.6) is 0 Å². The van der Waals surface area contributed by atoms with Gasteiger partial charge < -0.3 is 9.88 Å². The first kappa shape index (κ1) is 14.4. The minimum absolute atomic E-state index is 0.0584. The van der Waals surface area contributed by atoms with Crippen molar-refractivity contribution in [3.05, 3.63) is 44.7 Å². The van der Waals surface area contributed by atoms with Crippen molar-refractivity contribution in [2.75, 3.05) is 11.9 Å².